The molecule has 14 rings (SSSR count). The molecule has 2 saturated carbocycles. The normalized spacial score (nSPS) is 24.4. The zero-order valence-corrected chi connectivity index (χ0v) is 43.4. The quantitative estimate of drug-likeness (QED) is 0.154. The van der Waals surface area contributed by atoms with Crippen LogP contribution in [0.5, 0.6) is 0 Å². The maximum absolute atomic E-state index is 2.98. The van der Waals surface area contributed by atoms with Gasteiger partial charge in [0.1, 0.15) is 0 Å². The van der Waals surface area contributed by atoms with Crippen LogP contribution < -0.4 is 36.3 Å². The van der Waals surface area contributed by atoms with Gasteiger partial charge in [0.2, 0.25) is 0 Å². The average Bonchev–Trinajstić information content (AvgIpc) is 3.78. The van der Waals surface area contributed by atoms with Gasteiger partial charge in [-0.15, -0.1) is 0 Å². The van der Waals surface area contributed by atoms with E-state index >= 15 is 0 Å². The number of hydrogen-bond donors (Lipinski definition) is 0. The number of hydrogen-bond acceptors (Lipinski definition) is 3. The Bertz CT molecular complexity index is 3440. The van der Waals surface area contributed by atoms with Gasteiger partial charge in [-0.1, -0.05) is 203 Å². The number of rotatable bonds is 6. The summed E-state index contributed by atoms with van der Waals surface area (Å²) in [4.78, 5) is 8.48. The van der Waals surface area contributed by atoms with Crippen LogP contribution >= 0.6 is 0 Å². The van der Waals surface area contributed by atoms with Gasteiger partial charge in [-0.05, 0) is 131 Å². The molecule has 71 heavy (non-hydrogen) atoms. The van der Waals surface area contributed by atoms with E-state index in [1.807, 2.05) is 0 Å². The van der Waals surface area contributed by atoms with Crippen molar-refractivity contribution in [2.75, 3.05) is 14.7 Å². The molecule has 0 N–H and O–H groups in total. The van der Waals surface area contributed by atoms with Crippen LogP contribution in [-0.2, 0) is 10.8 Å². The van der Waals surface area contributed by atoms with Gasteiger partial charge in [0.15, 0.2) is 0 Å². The molecule has 4 aliphatic heterocycles. The third kappa shape index (κ3) is 5.79. The first-order valence-electron chi connectivity index (χ1n) is 26.7. The second kappa shape index (κ2) is 15.2. The van der Waals surface area contributed by atoms with Gasteiger partial charge in [0, 0.05) is 50.6 Å². The smallest absolute Gasteiger partial charge is 0.252 e. The zero-order chi connectivity index (χ0) is 48.1. The predicted molar refractivity (Wildman–Crippen MR) is 305 cm³/mol. The summed E-state index contributed by atoms with van der Waals surface area (Å²) in [5.74, 6) is 0. The number of nitrogens with zero attached hydrogens (tertiary/aromatic N) is 3. The van der Waals surface area contributed by atoms with Gasteiger partial charge in [0.05, 0.1) is 19.2 Å². The lowest BCUT2D eigenvalue weighted by molar-refractivity contribution is 0.195. The molecule has 0 saturated heterocycles. The molecule has 8 aromatic rings. The van der Waals surface area contributed by atoms with E-state index in [1.54, 1.807) is 10.8 Å². The van der Waals surface area contributed by atoms with Crippen LogP contribution in [0, 0.1) is 0 Å². The largest absolute Gasteiger partial charge is 0.335 e. The molecule has 2 aliphatic carbocycles. The Morgan fingerprint density at radius 1 is 0.437 bits per heavy atom. The van der Waals surface area contributed by atoms with Crippen molar-refractivity contribution in [1.29, 1.82) is 0 Å². The van der Waals surface area contributed by atoms with Gasteiger partial charge in [0.25, 0.3) is 6.71 Å². The SMILES string of the molecule is CC12CCCCC1(C)N(c1cc3c4c(c1)N1c5c(cc([Si](C)(C)C)cc5C5(c6ccccc6)CCCCC15C)B4c1cc(-c4ccccc4)ccc1N3c1ccc(-c3ccccc3)cc1)c1ccccc12. The van der Waals surface area contributed by atoms with Crippen molar-refractivity contribution in [3.63, 3.8) is 0 Å². The summed E-state index contributed by atoms with van der Waals surface area (Å²) in [6.45, 7) is 15.6. The molecule has 4 heterocycles. The maximum Gasteiger partial charge on any atom is 0.252 e. The first-order valence-corrected chi connectivity index (χ1v) is 30.2. The van der Waals surface area contributed by atoms with E-state index in [-0.39, 0.29) is 28.6 Å². The molecule has 4 atom stereocenters. The lowest BCUT2D eigenvalue weighted by Crippen LogP contribution is -2.65. The van der Waals surface area contributed by atoms with E-state index in [0.29, 0.717) is 0 Å². The van der Waals surface area contributed by atoms with E-state index in [2.05, 4.69) is 237 Å². The first-order chi connectivity index (χ1) is 34.4. The highest BCUT2D eigenvalue weighted by molar-refractivity contribution is 7.01. The molecule has 0 aromatic heterocycles. The molecule has 5 heteroatoms. The molecule has 2 fully saturated rings. The summed E-state index contributed by atoms with van der Waals surface area (Å²) < 4.78 is 0. The van der Waals surface area contributed by atoms with Gasteiger partial charge in [-0.2, -0.15) is 0 Å². The van der Waals surface area contributed by atoms with Gasteiger partial charge in [-0.3, -0.25) is 0 Å². The van der Waals surface area contributed by atoms with Crippen molar-refractivity contribution >= 4 is 76.2 Å². The monoisotopic (exact) mass is 937 g/mol. The zero-order valence-electron chi connectivity index (χ0n) is 42.4. The third-order valence-corrected chi connectivity index (χ3v) is 21.2. The van der Waals surface area contributed by atoms with E-state index in [0.717, 1.165) is 19.3 Å². The Hall–Kier alpha value is -6.56. The highest BCUT2D eigenvalue weighted by Crippen LogP contribution is 2.66. The summed E-state index contributed by atoms with van der Waals surface area (Å²) in [6, 6.07) is 70.9. The van der Waals surface area contributed by atoms with Crippen molar-refractivity contribution in [3.8, 4) is 22.3 Å². The Morgan fingerprint density at radius 3 is 1.75 bits per heavy atom. The molecule has 6 aliphatic rings. The van der Waals surface area contributed by atoms with Crippen LogP contribution in [0.1, 0.15) is 88.8 Å². The molecule has 3 nitrogen and oxygen atoms in total. The Kier molecular flexibility index (Phi) is 9.28. The van der Waals surface area contributed by atoms with Gasteiger partial charge in [-0.25, -0.2) is 0 Å². The van der Waals surface area contributed by atoms with Crippen LogP contribution in [0.2, 0.25) is 19.6 Å². The summed E-state index contributed by atoms with van der Waals surface area (Å²) in [5.41, 5.74) is 22.8. The fourth-order valence-electron chi connectivity index (χ4n) is 15.5. The molecule has 0 radical (unpaired) electrons. The molecule has 0 bridgehead atoms. The minimum Gasteiger partial charge on any atom is -0.335 e. The Balaban J connectivity index is 1.12. The molecule has 0 amide bonds. The first kappa shape index (κ1) is 43.2. The molecule has 350 valence electrons. The topological polar surface area (TPSA) is 9.72 Å². The number of anilines is 7. The molecule has 8 aromatic carbocycles. The highest BCUT2D eigenvalue weighted by atomic mass is 28.3. The average molecular weight is 938 g/mol. The molecular formula is C66H64BN3Si. The second-order valence-electron chi connectivity index (χ2n) is 23.7. The van der Waals surface area contributed by atoms with Crippen LogP contribution in [0.25, 0.3) is 22.3 Å². The number of fused-ring (bicyclic) bond motifs is 10. The van der Waals surface area contributed by atoms with Crippen molar-refractivity contribution in [1.82, 2.24) is 0 Å². The second-order valence-corrected chi connectivity index (χ2v) is 28.8. The van der Waals surface area contributed by atoms with Gasteiger partial charge < -0.3 is 14.7 Å². The predicted octanol–water partition coefficient (Wildman–Crippen LogP) is 14.7. The summed E-state index contributed by atoms with van der Waals surface area (Å²) in [6.07, 6.45) is 9.59. The van der Waals surface area contributed by atoms with Crippen LogP contribution in [-0.4, -0.2) is 25.9 Å². The fraction of sp³-hybridized carbons (Fsp3) is 0.273. The van der Waals surface area contributed by atoms with Crippen molar-refractivity contribution < 1.29 is 0 Å². The van der Waals surface area contributed by atoms with E-state index < -0.39 is 8.07 Å². The van der Waals surface area contributed by atoms with Crippen molar-refractivity contribution in [2.24, 2.45) is 0 Å². The standard InChI is InChI=1S/C66H64BN3Si/c1-63-36-18-19-37-64(63,2)69(57-29-17-16-28-53(57)63)51-41-59-61-60(42-51)70-62-54(66(49-26-14-9-15-27-49)39-21-20-38-65(66,70)3)43-52(71(4,5)6)44-56(62)67(61)55-40-48(46-24-12-8-13-25-46)32-35-58(55)68(59)50-33-30-47(31-34-50)45-22-10-7-11-23-45/h7-17,22-35,40-44H,18-21,36-39H2,1-6H3. The Morgan fingerprint density at radius 2 is 1.03 bits per heavy atom. The fourth-order valence-corrected chi connectivity index (χ4v) is 16.7. The maximum atomic E-state index is 2.98. The third-order valence-electron chi connectivity index (χ3n) is 19.2. The van der Waals surface area contributed by atoms with Crippen molar-refractivity contribution in [2.45, 2.75) is 114 Å². The van der Waals surface area contributed by atoms with E-state index in [9.17, 15) is 0 Å². The van der Waals surface area contributed by atoms with E-state index in [1.165, 1.54) is 122 Å². The Labute approximate surface area is 423 Å². The van der Waals surface area contributed by atoms with Crippen LogP contribution in [0.3, 0.4) is 0 Å². The highest BCUT2D eigenvalue weighted by Gasteiger charge is 2.65. The van der Waals surface area contributed by atoms with Crippen molar-refractivity contribution in [3.05, 3.63) is 199 Å². The van der Waals surface area contributed by atoms with E-state index in [4.69, 9.17) is 0 Å². The van der Waals surface area contributed by atoms with Gasteiger partial charge >= 0.3 is 0 Å². The lowest BCUT2D eigenvalue weighted by atomic mass is 9.33. The summed E-state index contributed by atoms with van der Waals surface area (Å²) in [7, 11) is -1.85. The molecular weight excluding hydrogens is 874 g/mol. The summed E-state index contributed by atoms with van der Waals surface area (Å²) >= 11 is 0. The number of benzene rings is 8. The summed E-state index contributed by atoms with van der Waals surface area (Å²) in [5, 5.41) is 1.57. The van der Waals surface area contributed by atoms with Crippen LogP contribution in [0.4, 0.5) is 39.8 Å². The minimum absolute atomic E-state index is 0.0311. The van der Waals surface area contributed by atoms with Crippen LogP contribution in [0.15, 0.2) is 182 Å². The lowest BCUT2D eigenvalue weighted by Gasteiger charge is -2.54. The minimum atomic E-state index is -1.85. The molecule has 0 spiro atoms. The molecule has 4 unspecified atom stereocenters. The number of para-hydroxylation sites is 1.